The van der Waals surface area contributed by atoms with E-state index in [-0.39, 0.29) is 5.91 Å². The highest BCUT2D eigenvalue weighted by Crippen LogP contribution is 2.31. The van der Waals surface area contributed by atoms with E-state index in [1.807, 2.05) is 0 Å². The van der Waals surface area contributed by atoms with E-state index in [0.717, 1.165) is 19.3 Å². The lowest BCUT2D eigenvalue weighted by Gasteiger charge is -2.16. The van der Waals surface area contributed by atoms with Crippen molar-refractivity contribution >= 4 is 5.91 Å². The molecule has 0 spiro atoms. The normalized spacial score (nSPS) is 24.0. The summed E-state index contributed by atoms with van der Waals surface area (Å²) >= 11 is 0. The van der Waals surface area contributed by atoms with E-state index in [4.69, 9.17) is 0 Å². The van der Waals surface area contributed by atoms with Gasteiger partial charge in [-0.3, -0.25) is 4.79 Å². The number of nitrogens with one attached hydrogen (secondary N) is 1. The summed E-state index contributed by atoms with van der Waals surface area (Å²) in [6.07, 6.45) is 7.08. The summed E-state index contributed by atoms with van der Waals surface area (Å²) in [5.74, 6) is 0.606. The van der Waals surface area contributed by atoms with Gasteiger partial charge in [-0.15, -0.1) is 0 Å². The van der Waals surface area contributed by atoms with Crippen LogP contribution in [0.2, 0.25) is 0 Å². The molecule has 1 aliphatic rings. The lowest BCUT2D eigenvalue weighted by molar-refractivity contribution is -0.117. The molecule has 2 atom stereocenters. The summed E-state index contributed by atoms with van der Waals surface area (Å²) in [5, 5.41) is 3.02. The highest BCUT2D eigenvalue weighted by atomic mass is 16.1. The number of benzene rings is 1. The second-order valence-electron chi connectivity index (χ2n) is 5.03. The standard InChI is InChI=1S/C16H21NO/c1-2-16(18)17-15-10-6-9-14(11-12-15)13-7-4-3-5-8-13/h2-5,7-8,14-15H,1,6,9-12H2,(H,17,18). The fourth-order valence-corrected chi connectivity index (χ4v) is 2.76. The summed E-state index contributed by atoms with van der Waals surface area (Å²) in [7, 11) is 0. The van der Waals surface area contributed by atoms with Crippen LogP contribution in [0.1, 0.15) is 43.6 Å². The molecule has 2 nitrogen and oxygen atoms in total. The second-order valence-corrected chi connectivity index (χ2v) is 5.03. The predicted octanol–water partition coefficient (Wildman–Crippen LogP) is 3.41. The Morgan fingerprint density at radius 2 is 1.94 bits per heavy atom. The fraction of sp³-hybridized carbons (Fsp3) is 0.438. The Bertz CT molecular complexity index is 399. The van der Waals surface area contributed by atoms with Gasteiger partial charge in [0.25, 0.3) is 0 Å². The summed E-state index contributed by atoms with van der Waals surface area (Å²) in [6.45, 7) is 3.50. The smallest absolute Gasteiger partial charge is 0.243 e. The van der Waals surface area contributed by atoms with Crippen LogP contribution in [-0.4, -0.2) is 11.9 Å². The molecule has 1 amide bonds. The molecule has 1 fully saturated rings. The zero-order valence-corrected chi connectivity index (χ0v) is 10.8. The number of carbonyl (C=O) groups is 1. The van der Waals surface area contributed by atoms with Crippen molar-refractivity contribution in [3.63, 3.8) is 0 Å². The maximum atomic E-state index is 11.3. The number of hydrogen-bond acceptors (Lipinski definition) is 1. The quantitative estimate of drug-likeness (QED) is 0.639. The van der Waals surface area contributed by atoms with Crippen LogP contribution in [-0.2, 0) is 4.79 Å². The number of rotatable bonds is 3. The van der Waals surface area contributed by atoms with Crippen LogP contribution in [0.25, 0.3) is 0 Å². The molecule has 0 saturated heterocycles. The molecule has 2 unspecified atom stereocenters. The summed E-state index contributed by atoms with van der Waals surface area (Å²) < 4.78 is 0. The SMILES string of the molecule is C=CC(=O)NC1CCCC(c2ccccc2)CC1. The third kappa shape index (κ3) is 3.46. The Morgan fingerprint density at radius 3 is 2.67 bits per heavy atom. The van der Waals surface area contributed by atoms with Crippen molar-refractivity contribution in [1.82, 2.24) is 5.32 Å². The lowest BCUT2D eigenvalue weighted by atomic mass is 9.92. The van der Waals surface area contributed by atoms with Crippen molar-refractivity contribution in [2.75, 3.05) is 0 Å². The summed E-state index contributed by atoms with van der Waals surface area (Å²) in [6, 6.07) is 11.0. The van der Waals surface area contributed by atoms with E-state index < -0.39 is 0 Å². The van der Waals surface area contributed by atoms with Gasteiger partial charge in [0.2, 0.25) is 5.91 Å². The average molecular weight is 243 g/mol. The molecule has 1 aromatic rings. The van der Waals surface area contributed by atoms with E-state index in [0.29, 0.717) is 12.0 Å². The minimum Gasteiger partial charge on any atom is -0.350 e. The molecule has 18 heavy (non-hydrogen) atoms. The van der Waals surface area contributed by atoms with E-state index in [1.54, 1.807) is 0 Å². The first-order valence-electron chi connectivity index (χ1n) is 6.77. The van der Waals surface area contributed by atoms with Crippen molar-refractivity contribution in [3.8, 4) is 0 Å². The van der Waals surface area contributed by atoms with Crippen LogP contribution in [0, 0.1) is 0 Å². The first-order chi connectivity index (χ1) is 8.79. The number of amides is 1. The topological polar surface area (TPSA) is 29.1 Å². The van der Waals surface area contributed by atoms with Crippen LogP contribution in [0.5, 0.6) is 0 Å². The zero-order chi connectivity index (χ0) is 12.8. The van der Waals surface area contributed by atoms with Crippen LogP contribution in [0.15, 0.2) is 43.0 Å². The van der Waals surface area contributed by atoms with Crippen LogP contribution in [0.3, 0.4) is 0 Å². The van der Waals surface area contributed by atoms with Gasteiger partial charge in [0.1, 0.15) is 0 Å². The van der Waals surface area contributed by atoms with Crippen molar-refractivity contribution in [2.45, 2.75) is 44.1 Å². The van der Waals surface area contributed by atoms with Gasteiger partial charge < -0.3 is 5.32 Å². The third-order valence-corrected chi connectivity index (χ3v) is 3.77. The van der Waals surface area contributed by atoms with E-state index in [9.17, 15) is 4.79 Å². The molecule has 0 bridgehead atoms. The summed E-state index contributed by atoms with van der Waals surface area (Å²) in [4.78, 5) is 11.3. The first kappa shape index (κ1) is 12.9. The predicted molar refractivity (Wildman–Crippen MR) is 74.4 cm³/mol. The molecule has 1 N–H and O–H groups in total. The maximum absolute atomic E-state index is 11.3. The molecule has 96 valence electrons. The molecule has 1 aromatic carbocycles. The molecule has 2 heteroatoms. The lowest BCUT2D eigenvalue weighted by Crippen LogP contribution is -2.32. The number of hydrogen-bond donors (Lipinski definition) is 1. The van der Waals surface area contributed by atoms with Gasteiger partial charge in [-0.05, 0) is 43.2 Å². The van der Waals surface area contributed by atoms with E-state index >= 15 is 0 Å². The van der Waals surface area contributed by atoms with E-state index in [2.05, 4.69) is 42.2 Å². The van der Waals surface area contributed by atoms with Crippen molar-refractivity contribution in [3.05, 3.63) is 48.6 Å². The molecule has 1 saturated carbocycles. The number of carbonyl (C=O) groups excluding carboxylic acids is 1. The molecule has 0 radical (unpaired) electrons. The Morgan fingerprint density at radius 1 is 1.17 bits per heavy atom. The minimum absolute atomic E-state index is 0.0434. The molecule has 0 aromatic heterocycles. The van der Waals surface area contributed by atoms with Gasteiger partial charge in [0.05, 0.1) is 0 Å². The molecule has 0 aliphatic heterocycles. The Kier molecular flexibility index (Phi) is 4.57. The molecule has 1 aliphatic carbocycles. The highest BCUT2D eigenvalue weighted by Gasteiger charge is 2.20. The van der Waals surface area contributed by atoms with Gasteiger partial charge >= 0.3 is 0 Å². The fourth-order valence-electron chi connectivity index (χ4n) is 2.76. The van der Waals surface area contributed by atoms with Gasteiger partial charge in [-0.25, -0.2) is 0 Å². The van der Waals surface area contributed by atoms with Gasteiger partial charge in [0.15, 0.2) is 0 Å². The van der Waals surface area contributed by atoms with Crippen LogP contribution in [0.4, 0.5) is 0 Å². The Balaban J connectivity index is 1.92. The molecular weight excluding hydrogens is 222 g/mol. The Hall–Kier alpha value is -1.57. The van der Waals surface area contributed by atoms with Crippen LogP contribution < -0.4 is 5.32 Å². The largest absolute Gasteiger partial charge is 0.350 e. The summed E-state index contributed by atoms with van der Waals surface area (Å²) in [5.41, 5.74) is 1.44. The zero-order valence-electron chi connectivity index (χ0n) is 10.8. The highest BCUT2D eigenvalue weighted by molar-refractivity contribution is 5.87. The van der Waals surface area contributed by atoms with Crippen molar-refractivity contribution in [1.29, 1.82) is 0 Å². The monoisotopic (exact) mass is 243 g/mol. The van der Waals surface area contributed by atoms with E-state index in [1.165, 1.54) is 24.5 Å². The molecular formula is C16H21NO. The first-order valence-corrected chi connectivity index (χ1v) is 6.77. The average Bonchev–Trinajstić information content (AvgIpc) is 2.65. The molecule has 0 heterocycles. The van der Waals surface area contributed by atoms with Crippen LogP contribution >= 0.6 is 0 Å². The molecule has 2 rings (SSSR count). The second kappa shape index (κ2) is 6.39. The van der Waals surface area contributed by atoms with Gasteiger partial charge in [-0.2, -0.15) is 0 Å². The van der Waals surface area contributed by atoms with Gasteiger partial charge in [0, 0.05) is 6.04 Å². The minimum atomic E-state index is -0.0434. The maximum Gasteiger partial charge on any atom is 0.243 e. The van der Waals surface area contributed by atoms with Crippen molar-refractivity contribution in [2.24, 2.45) is 0 Å². The Labute approximate surface area is 109 Å². The van der Waals surface area contributed by atoms with Crippen molar-refractivity contribution < 1.29 is 4.79 Å². The third-order valence-electron chi connectivity index (χ3n) is 3.77. The van der Waals surface area contributed by atoms with Gasteiger partial charge in [-0.1, -0.05) is 43.3 Å².